The number of likely N-dealkylation sites (N-methyl/N-ethyl adjacent to an activating group) is 2. The minimum atomic E-state index is 0.254. The maximum Gasteiger partial charge on any atom is 0.222 e. The molecule has 0 aliphatic carbocycles. The van der Waals surface area contributed by atoms with Crippen molar-refractivity contribution in [3.63, 3.8) is 0 Å². The van der Waals surface area contributed by atoms with Gasteiger partial charge in [0.2, 0.25) is 5.91 Å². The minimum Gasteiger partial charge on any atom is -0.344 e. The van der Waals surface area contributed by atoms with Crippen LogP contribution < -0.4 is 0 Å². The van der Waals surface area contributed by atoms with Crippen LogP contribution in [0.4, 0.5) is 0 Å². The van der Waals surface area contributed by atoms with Gasteiger partial charge in [0.05, 0.1) is 0 Å². The maximum absolute atomic E-state index is 11.6. The van der Waals surface area contributed by atoms with E-state index < -0.39 is 0 Å². The van der Waals surface area contributed by atoms with E-state index in [1.165, 1.54) is 0 Å². The topological polar surface area (TPSA) is 23.6 Å². The summed E-state index contributed by atoms with van der Waals surface area (Å²) in [4.78, 5) is 15.6. The van der Waals surface area contributed by atoms with Crippen LogP contribution in [0.2, 0.25) is 0 Å². The number of amides is 1. The molecular weight excluding hydrogens is 200 g/mol. The van der Waals surface area contributed by atoms with Gasteiger partial charge in [-0.1, -0.05) is 34.6 Å². The Morgan fingerprint density at radius 2 is 1.62 bits per heavy atom. The van der Waals surface area contributed by atoms with Crippen LogP contribution in [0.5, 0.6) is 0 Å². The average molecular weight is 230 g/mol. The summed E-state index contributed by atoms with van der Waals surface area (Å²) in [6.07, 6.45) is 0.659. The van der Waals surface area contributed by atoms with E-state index in [1.54, 1.807) is 0 Å². The molecule has 0 bridgehead atoms. The van der Waals surface area contributed by atoms with Gasteiger partial charge in [0.15, 0.2) is 0 Å². The van der Waals surface area contributed by atoms with Crippen LogP contribution in [0, 0.1) is 5.92 Å². The van der Waals surface area contributed by atoms with E-state index in [9.17, 15) is 4.79 Å². The lowest BCUT2D eigenvalue weighted by atomic mass is 10.1. The van der Waals surface area contributed by atoms with Crippen LogP contribution in [0.25, 0.3) is 0 Å². The second-order valence-electron chi connectivity index (χ2n) is 4.31. The Labute approximate surface area is 102 Å². The van der Waals surface area contributed by atoms with Crippen LogP contribution in [0.15, 0.2) is 0 Å². The summed E-state index contributed by atoms with van der Waals surface area (Å²) in [7, 11) is 3.95. The highest BCUT2D eigenvalue weighted by molar-refractivity contribution is 5.76. The highest BCUT2D eigenvalue weighted by atomic mass is 16.2. The molecule has 0 N–H and O–H groups in total. The van der Waals surface area contributed by atoms with Crippen molar-refractivity contribution in [2.45, 2.75) is 41.0 Å². The van der Waals surface area contributed by atoms with E-state index in [4.69, 9.17) is 0 Å². The van der Waals surface area contributed by atoms with Gasteiger partial charge < -0.3 is 9.80 Å². The Morgan fingerprint density at radius 3 is 2.00 bits per heavy atom. The van der Waals surface area contributed by atoms with E-state index in [1.807, 2.05) is 25.8 Å². The third-order valence-electron chi connectivity index (χ3n) is 2.37. The van der Waals surface area contributed by atoms with Crippen molar-refractivity contribution in [3.05, 3.63) is 0 Å². The van der Waals surface area contributed by atoms with Crippen molar-refractivity contribution >= 4 is 5.91 Å². The van der Waals surface area contributed by atoms with E-state index in [-0.39, 0.29) is 5.91 Å². The van der Waals surface area contributed by atoms with Crippen molar-refractivity contribution < 1.29 is 4.79 Å². The molecule has 0 aromatic heterocycles. The number of carbonyl (C=O) groups is 1. The molecule has 0 aromatic rings. The maximum atomic E-state index is 11.6. The molecule has 0 atom stereocenters. The molecule has 0 heterocycles. The fourth-order valence-corrected chi connectivity index (χ4v) is 1.11. The quantitative estimate of drug-likeness (QED) is 0.700. The zero-order valence-corrected chi connectivity index (χ0v) is 12.2. The zero-order chi connectivity index (χ0) is 13.1. The predicted molar refractivity (Wildman–Crippen MR) is 71.6 cm³/mol. The zero-order valence-electron chi connectivity index (χ0n) is 12.2. The van der Waals surface area contributed by atoms with Crippen molar-refractivity contribution in [1.29, 1.82) is 0 Å². The predicted octanol–water partition coefficient (Wildman–Crippen LogP) is 2.47. The van der Waals surface area contributed by atoms with Gasteiger partial charge >= 0.3 is 0 Å². The number of nitrogens with zero attached hydrogens (tertiary/aromatic N) is 2. The van der Waals surface area contributed by atoms with E-state index in [2.05, 4.69) is 32.7 Å². The highest BCUT2D eigenvalue weighted by Crippen LogP contribution is 2.02. The van der Waals surface area contributed by atoms with E-state index in [0.29, 0.717) is 12.3 Å². The number of hydrogen-bond acceptors (Lipinski definition) is 2. The Kier molecular flexibility index (Phi) is 12.2. The molecule has 3 nitrogen and oxygen atoms in total. The Hall–Kier alpha value is -0.570. The first-order valence-corrected chi connectivity index (χ1v) is 6.39. The van der Waals surface area contributed by atoms with Crippen molar-refractivity contribution in [3.8, 4) is 0 Å². The summed E-state index contributed by atoms with van der Waals surface area (Å²) in [5, 5.41) is 0. The molecule has 0 saturated carbocycles. The van der Waals surface area contributed by atoms with Crippen LogP contribution in [0.1, 0.15) is 41.0 Å². The summed E-state index contributed by atoms with van der Waals surface area (Å²) < 4.78 is 0. The molecule has 0 saturated heterocycles. The number of carbonyl (C=O) groups excluding carboxylic acids is 1. The summed E-state index contributed by atoms with van der Waals surface area (Å²) in [6.45, 7) is 13.1. The van der Waals surface area contributed by atoms with Gasteiger partial charge in [0.25, 0.3) is 0 Å². The lowest BCUT2D eigenvalue weighted by Crippen LogP contribution is -2.35. The Bertz CT molecular complexity index is 169. The van der Waals surface area contributed by atoms with Gasteiger partial charge in [-0.15, -0.1) is 0 Å². The van der Waals surface area contributed by atoms with Gasteiger partial charge in [-0.2, -0.15) is 0 Å². The van der Waals surface area contributed by atoms with E-state index >= 15 is 0 Å². The van der Waals surface area contributed by atoms with E-state index in [0.717, 1.165) is 19.6 Å². The Balaban J connectivity index is 0. The average Bonchev–Trinajstić information content (AvgIpc) is 2.27. The fourth-order valence-electron chi connectivity index (χ4n) is 1.11. The lowest BCUT2D eigenvalue weighted by Gasteiger charge is -2.21. The fraction of sp³-hybridized carbons (Fsp3) is 0.923. The van der Waals surface area contributed by atoms with Gasteiger partial charge in [-0.3, -0.25) is 4.79 Å². The monoisotopic (exact) mass is 230 g/mol. The minimum absolute atomic E-state index is 0.254. The van der Waals surface area contributed by atoms with Crippen LogP contribution in [-0.2, 0) is 4.79 Å². The molecular formula is C13H30N2O. The molecule has 16 heavy (non-hydrogen) atoms. The molecule has 0 aromatic carbocycles. The second kappa shape index (κ2) is 10.9. The smallest absolute Gasteiger partial charge is 0.222 e. The molecule has 98 valence electrons. The standard InChI is InChI=1S/C11H24N2O.C2H6/c1-6-12(4)7-8-13(5)11(14)9-10(2)3;1-2/h10H,6-9H2,1-5H3;1-2H3. The van der Waals surface area contributed by atoms with Crippen LogP contribution in [0.3, 0.4) is 0 Å². The number of rotatable bonds is 6. The first kappa shape index (κ1) is 17.8. The third-order valence-corrected chi connectivity index (χ3v) is 2.37. The van der Waals surface area contributed by atoms with Crippen LogP contribution in [-0.4, -0.2) is 49.4 Å². The Morgan fingerprint density at radius 1 is 1.12 bits per heavy atom. The molecule has 1 amide bonds. The molecule has 3 heteroatoms. The molecule has 0 spiro atoms. The largest absolute Gasteiger partial charge is 0.344 e. The van der Waals surface area contributed by atoms with Gasteiger partial charge in [-0.25, -0.2) is 0 Å². The van der Waals surface area contributed by atoms with Gasteiger partial charge in [-0.05, 0) is 19.5 Å². The van der Waals surface area contributed by atoms with Gasteiger partial charge in [0.1, 0.15) is 0 Å². The molecule has 0 fully saturated rings. The van der Waals surface area contributed by atoms with Gasteiger partial charge in [0, 0.05) is 26.6 Å². The molecule has 0 rings (SSSR count). The first-order valence-electron chi connectivity index (χ1n) is 6.39. The molecule has 0 unspecified atom stereocenters. The second-order valence-corrected chi connectivity index (χ2v) is 4.31. The first-order chi connectivity index (χ1) is 7.47. The molecule has 0 radical (unpaired) electrons. The van der Waals surface area contributed by atoms with Crippen molar-refractivity contribution in [2.75, 3.05) is 33.7 Å². The summed E-state index contributed by atoms with van der Waals surface area (Å²) in [6, 6.07) is 0. The number of hydrogen-bond donors (Lipinski definition) is 0. The highest BCUT2D eigenvalue weighted by Gasteiger charge is 2.10. The van der Waals surface area contributed by atoms with Crippen LogP contribution >= 0.6 is 0 Å². The summed E-state index contributed by atoms with van der Waals surface area (Å²) in [5.41, 5.74) is 0. The molecule has 0 aliphatic rings. The van der Waals surface area contributed by atoms with Crippen molar-refractivity contribution in [2.24, 2.45) is 5.92 Å². The third kappa shape index (κ3) is 9.97. The molecule has 0 aliphatic heterocycles. The normalized spacial score (nSPS) is 10.1. The van der Waals surface area contributed by atoms with Crippen molar-refractivity contribution in [1.82, 2.24) is 9.80 Å². The SMILES string of the molecule is CC.CCN(C)CCN(C)C(=O)CC(C)C. The lowest BCUT2D eigenvalue weighted by molar-refractivity contribution is -0.130. The summed E-state index contributed by atoms with van der Waals surface area (Å²) in [5.74, 6) is 0.707. The summed E-state index contributed by atoms with van der Waals surface area (Å²) >= 11 is 0.